The van der Waals surface area contributed by atoms with E-state index in [1.165, 1.54) is 12.2 Å². The van der Waals surface area contributed by atoms with Crippen LogP contribution < -0.4 is 5.32 Å². The summed E-state index contributed by atoms with van der Waals surface area (Å²) in [5.41, 5.74) is 0. The van der Waals surface area contributed by atoms with Gasteiger partial charge in [0.15, 0.2) is 0 Å². The number of hydrogen-bond acceptors (Lipinski definition) is 3. The van der Waals surface area contributed by atoms with E-state index < -0.39 is 5.97 Å². The molecule has 0 heterocycles. The van der Waals surface area contributed by atoms with Crippen molar-refractivity contribution in [2.75, 3.05) is 25.1 Å². The molecule has 0 aliphatic carbocycles. The molecule has 0 aromatic heterocycles. The number of carboxylic acid groups (broad SMARTS) is 1. The van der Waals surface area contributed by atoms with Gasteiger partial charge in [-0.2, -0.15) is 11.8 Å². The number of aliphatic carboxylic acids is 1. The first-order valence-corrected chi connectivity index (χ1v) is 8.63. The monoisotopic (exact) mass is 304 g/mol. The third-order valence-electron chi connectivity index (χ3n) is 2.98. The van der Waals surface area contributed by atoms with Gasteiger partial charge in [0.25, 0.3) is 0 Å². The fraction of sp³-hybridized carbons (Fsp3) is 0.857. The number of rotatable bonds is 11. The summed E-state index contributed by atoms with van der Waals surface area (Å²) < 4.78 is 0. The molecule has 6 heteroatoms. The van der Waals surface area contributed by atoms with Crippen molar-refractivity contribution in [3.8, 4) is 0 Å². The van der Waals surface area contributed by atoms with E-state index in [4.69, 9.17) is 5.11 Å². The molecular weight excluding hydrogens is 276 g/mol. The van der Waals surface area contributed by atoms with Gasteiger partial charge in [-0.1, -0.05) is 6.42 Å². The minimum Gasteiger partial charge on any atom is -0.481 e. The molecule has 0 saturated carbocycles. The summed E-state index contributed by atoms with van der Waals surface area (Å²) in [6.07, 6.45) is 6.00. The van der Waals surface area contributed by atoms with Crippen molar-refractivity contribution in [1.82, 2.24) is 10.2 Å². The number of nitrogens with one attached hydrogen (secondary N) is 1. The van der Waals surface area contributed by atoms with E-state index in [2.05, 4.69) is 11.6 Å². The van der Waals surface area contributed by atoms with E-state index in [1.807, 2.05) is 25.6 Å². The lowest BCUT2D eigenvalue weighted by Gasteiger charge is -2.26. The number of thioether (sulfide) groups is 1. The van der Waals surface area contributed by atoms with Crippen molar-refractivity contribution in [3.05, 3.63) is 0 Å². The molecule has 0 fully saturated rings. The average Bonchev–Trinajstić information content (AvgIpc) is 2.37. The molecule has 118 valence electrons. The smallest absolute Gasteiger partial charge is 0.317 e. The molecule has 0 bridgehead atoms. The van der Waals surface area contributed by atoms with Gasteiger partial charge in [0.1, 0.15) is 0 Å². The predicted molar refractivity (Wildman–Crippen MR) is 84.3 cm³/mol. The molecule has 0 rings (SSSR count). The number of nitrogens with zero attached hydrogens (tertiary/aromatic N) is 1. The lowest BCUT2D eigenvalue weighted by Crippen LogP contribution is -2.44. The van der Waals surface area contributed by atoms with E-state index in [1.54, 1.807) is 4.90 Å². The third-order valence-corrected chi connectivity index (χ3v) is 3.67. The van der Waals surface area contributed by atoms with Crippen LogP contribution in [0.15, 0.2) is 0 Å². The Morgan fingerprint density at radius 1 is 1.20 bits per heavy atom. The molecule has 0 unspecified atom stereocenters. The number of amides is 2. The number of urea groups is 1. The summed E-state index contributed by atoms with van der Waals surface area (Å²) in [6.45, 7) is 5.06. The van der Waals surface area contributed by atoms with Crippen molar-refractivity contribution >= 4 is 23.8 Å². The van der Waals surface area contributed by atoms with Gasteiger partial charge in [-0.15, -0.1) is 0 Å². The zero-order valence-electron chi connectivity index (χ0n) is 12.9. The molecule has 2 N–H and O–H groups in total. The highest BCUT2D eigenvalue weighted by molar-refractivity contribution is 7.98. The summed E-state index contributed by atoms with van der Waals surface area (Å²) in [5.74, 6) is 0.351. The Morgan fingerprint density at radius 2 is 1.90 bits per heavy atom. The van der Waals surface area contributed by atoms with Crippen LogP contribution in [-0.2, 0) is 4.79 Å². The van der Waals surface area contributed by atoms with E-state index in [0.29, 0.717) is 19.5 Å². The van der Waals surface area contributed by atoms with Gasteiger partial charge in [0.05, 0.1) is 0 Å². The van der Waals surface area contributed by atoms with E-state index >= 15 is 0 Å². The SMILES string of the molecule is CSCCCCCNC(=O)N(CCCC(=O)O)C(C)C. The van der Waals surface area contributed by atoms with E-state index in [9.17, 15) is 9.59 Å². The number of unbranched alkanes of at least 4 members (excludes halogenated alkanes) is 2. The van der Waals surface area contributed by atoms with Gasteiger partial charge in [-0.3, -0.25) is 4.79 Å². The Hall–Kier alpha value is -0.910. The van der Waals surface area contributed by atoms with Crippen molar-refractivity contribution in [2.45, 2.75) is 52.0 Å². The molecule has 2 amide bonds. The summed E-state index contributed by atoms with van der Waals surface area (Å²) >= 11 is 1.84. The molecule has 0 radical (unpaired) electrons. The molecule has 0 aliphatic heterocycles. The van der Waals surface area contributed by atoms with Crippen molar-refractivity contribution < 1.29 is 14.7 Å². The maximum Gasteiger partial charge on any atom is 0.317 e. The zero-order valence-corrected chi connectivity index (χ0v) is 13.7. The molecular formula is C14H28N2O3S. The normalized spacial score (nSPS) is 10.6. The second-order valence-corrected chi connectivity index (χ2v) is 6.06. The van der Waals surface area contributed by atoms with Crippen LogP contribution >= 0.6 is 11.8 Å². The number of carbonyl (C=O) groups is 2. The minimum atomic E-state index is -0.817. The average molecular weight is 304 g/mol. The van der Waals surface area contributed by atoms with Crippen LogP contribution in [0.2, 0.25) is 0 Å². The van der Waals surface area contributed by atoms with Gasteiger partial charge in [0, 0.05) is 25.6 Å². The van der Waals surface area contributed by atoms with Gasteiger partial charge < -0.3 is 15.3 Å². The van der Waals surface area contributed by atoms with E-state index in [0.717, 1.165) is 12.8 Å². The fourth-order valence-corrected chi connectivity index (χ4v) is 2.33. The van der Waals surface area contributed by atoms with Crippen LogP contribution in [0.3, 0.4) is 0 Å². The van der Waals surface area contributed by atoms with Crippen LogP contribution in [-0.4, -0.2) is 53.1 Å². The number of carboxylic acids is 1. The van der Waals surface area contributed by atoms with Crippen LogP contribution in [0.4, 0.5) is 4.79 Å². The van der Waals surface area contributed by atoms with Crippen LogP contribution in [0.1, 0.15) is 46.0 Å². The fourth-order valence-electron chi connectivity index (χ4n) is 1.84. The van der Waals surface area contributed by atoms with Gasteiger partial charge in [0.2, 0.25) is 0 Å². The lowest BCUT2D eigenvalue weighted by atomic mass is 10.2. The Bertz CT molecular complexity index is 286. The Kier molecular flexibility index (Phi) is 11.3. The Morgan fingerprint density at radius 3 is 2.45 bits per heavy atom. The highest BCUT2D eigenvalue weighted by atomic mass is 32.2. The second kappa shape index (κ2) is 11.9. The standard InChI is InChI=1S/C14H28N2O3S/c1-12(2)16(10-7-8-13(17)18)14(19)15-9-5-4-6-11-20-3/h12H,4-11H2,1-3H3,(H,15,19)(H,17,18). The third kappa shape index (κ3) is 9.95. The second-order valence-electron chi connectivity index (χ2n) is 5.07. The minimum absolute atomic E-state index is 0.0836. The topological polar surface area (TPSA) is 69.6 Å². The molecule has 0 atom stereocenters. The maximum atomic E-state index is 12.0. The molecule has 5 nitrogen and oxygen atoms in total. The van der Waals surface area contributed by atoms with Crippen LogP contribution in [0.25, 0.3) is 0 Å². The summed E-state index contributed by atoms with van der Waals surface area (Å²) in [4.78, 5) is 24.2. The van der Waals surface area contributed by atoms with Gasteiger partial charge in [-0.05, 0) is 45.1 Å². The van der Waals surface area contributed by atoms with Gasteiger partial charge >= 0.3 is 12.0 Å². The molecule has 0 saturated heterocycles. The molecule has 0 aliphatic rings. The summed E-state index contributed by atoms with van der Waals surface area (Å²) in [6, 6.07) is -0.00413. The quantitative estimate of drug-likeness (QED) is 0.576. The van der Waals surface area contributed by atoms with Crippen LogP contribution in [0.5, 0.6) is 0 Å². The predicted octanol–water partition coefficient (Wildman–Crippen LogP) is 2.80. The molecule has 20 heavy (non-hydrogen) atoms. The summed E-state index contributed by atoms with van der Waals surface area (Å²) in [5, 5.41) is 11.5. The Balaban J connectivity index is 3.88. The van der Waals surface area contributed by atoms with Crippen molar-refractivity contribution in [3.63, 3.8) is 0 Å². The van der Waals surface area contributed by atoms with Crippen molar-refractivity contribution in [2.24, 2.45) is 0 Å². The first-order chi connectivity index (χ1) is 9.49. The highest BCUT2D eigenvalue weighted by Gasteiger charge is 2.16. The molecule has 0 aromatic rings. The largest absolute Gasteiger partial charge is 0.481 e. The van der Waals surface area contributed by atoms with Crippen LogP contribution in [0, 0.1) is 0 Å². The number of carbonyl (C=O) groups excluding carboxylic acids is 1. The zero-order chi connectivity index (χ0) is 15.4. The highest BCUT2D eigenvalue weighted by Crippen LogP contribution is 2.04. The summed E-state index contributed by atoms with van der Waals surface area (Å²) in [7, 11) is 0. The first kappa shape index (κ1) is 19.1. The van der Waals surface area contributed by atoms with E-state index in [-0.39, 0.29) is 18.5 Å². The Labute approximate surface area is 126 Å². The first-order valence-electron chi connectivity index (χ1n) is 7.24. The molecule has 0 spiro atoms. The van der Waals surface area contributed by atoms with Crippen molar-refractivity contribution in [1.29, 1.82) is 0 Å². The molecule has 0 aromatic carbocycles. The van der Waals surface area contributed by atoms with Gasteiger partial charge in [-0.25, -0.2) is 4.79 Å². The maximum absolute atomic E-state index is 12.0. The number of hydrogen-bond donors (Lipinski definition) is 2. The lowest BCUT2D eigenvalue weighted by molar-refractivity contribution is -0.137.